The first-order valence-corrected chi connectivity index (χ1v) is 15.3. The molecule has 13 heteroatoms. The first kappa shape index (κ1) is 31.5. The second-order valence-corrected chi connectivity index (χ2v) is 12.9. The number of carbonyl (C=O) groups excluding carboxylic acids is 2. The lowest BCUT2D eigenvalue weighted by atomic mass is 9.92. The van der Waals surface area contributed by atoms with Crippen molar-refractivity contribution in [2.45, 2.75) is 80.9 Å². The van der Waals surface area contributed by atoms with Gasteiger partial charge in [0.05, 0.1) is 35.1 Å². The van der Waals surface area contributed by atoms with Gasteiger partial charge in [-0.2, -0.15) is 20.7 Å². The quantitative estimate of drug-likeness (QED) is 0.240. The van der Waals surface area contributed by atoms with E-state index in [-0.39, 0.29) is 24.3 Å². The normalized spacial score (nSPS) is 16.5. The third-order valence-electron chi connectivity index (χ3n) is 7.40. The number of benzene rings is 1. The highest BCUT2D eigenvalue weighted by atomic mass is 32.2. The molecule has 0 aliphatic heterocycles. The summed E-state index contributed by atoms with van der Waals surface area (Å²) in [5, 5.41) is 30.8. The summed E-state index contributed by atoms with van der Waals surface area (Å²) in [6.45, 7) is 6.97. The van der Waals surface area contributed by atoms with Gasteiger partial charge in [0.15, 0.2) is 0 Å². The summed E-state index contributed by atoms with van der Waals surface area (Å²) in [5.74, 6) is -1.01. The molecule has 3 aromatic heterocycles. The van der Waals surface area contributed by atoms with Crippen molar-refractivity contribution in [2.24, 2.45) is 0 Å². The Hall–Kier alpha value is -4.88. The standard InChI is InChI=1S/C32H32FN7O4S/c1-19-26(16-38-40(19)24-6-8-25(9-7-24)43-29(41)17-36-31(42)44-32(2,3)4)21-12-28(30-22(14-35)15-37-39(30)18-21)45-27-10-5-23(33)11-20(27)13-34/h5,10-12,15-16,18,24-25H,6-9,17H2,1-4H3,(H,36,42). The predicted molar refractivity (Wildman–Crippen MR) is 163 cm³/mol. The molecule has 5 rings (SSSR count). The number of alkyl carbamates (subject to hydrolysis) is 1. The van der Waals surface area contributed by atoms with Crippen LogP contribution in [0.2, 0.25) is 0 Å². The molecule has 1 aromatic carbocycles. The van der Waals surface area contributed by atoms with E-state index in [9.17, 15) is 24.5 Å². The number of rotatable bonds is 7. The zero-order chi connectivity index (χ0) is 32.3. The lowest BCUT2D eigenvalue weighted by molar-refractivity contribution is -0.149. The number of nitrogens with one attached hydrogen (secondary N) is 1. The van der Waals surface area contributed by atoms with Gasteiger partial charge in [-0.15, -0.1) is 0 Å². The number of carbonyl (C=O) groups is 2. The molecule has 1 N–H and O–H groups in total. The second-order valence-electron chi connectivity index (χ2n) is 11.8. The highest BCUT2D eigenvalue weighted by Gasteiger charge is 2.28. The molecule has 1 saturated carbocycles. The van der Waals surface area contributed by atoms with Crippen LogP contribution >= 0.6 is 11.8 Å². The minimum absolute atomic E-state index is 0.110. The molecule has 45 heavy (non-hydrogen) atoms. The Morgan fingerprint density at radius 3 is 2.49 bits per heavy atom. The number of aromatic nitrogens is 4. The fourth-order valence-electron chi connectivity index (χ4n) is 5.36. The zero-order valence-electron chi connectivity index (χ0n) is 25.3. The predicted octanol–water partition coefficient (Wildman–Crippen LogP) is 6.09. The van der Waals surface area contributed by atoms with Gasteiger partial charge in [-0.05, 0) is 77.6 Å². The van der Waals surface area contributed by atoms with Crippen LogP contribution in [0.1, 0.15) is 69.3 Å². The molecule has 1 aliphatic carbocycles. The smallest absolute Gasteiger partial charge is 0.408 e. The number of hydrogen-bond acceptors (Lipinski definition) is 9. The molecule has 0 unspecified atom stereocenters. The fourth-order valence-corrected chi connectivity index (χ4v) is 6.43. The molecule has 1 fully saturated rings. The molecule has 1 aliphatic rings. The van der Waals surface area contributed by atoms with Gasteiger partial charge in [-0.3, -0.25) is 9.48 Å². The van der Waals surface area contributed by atoms with E-state index >= 15 is 0 Å². The van der Waals surface area contributed by atoms with Crippen LogP contribution < -0.4 is 5.32 Å². The van der Waals surface area contributed by atoms with Crippen molar-refractivity contribution in [2.75, 3.05) is 6.54 Å². The van der Waals surface area contributed by atoms with Gasteiger partial charge in [-0.25, -0.2) is 13.7 Å². The van der Waals surface area contributed by atoms with Crippen molar-refractivity contribution in [3.63, 3.8) is 0 Å². The molecular formula is C32H32FN7O4S. The van der Waals surface area contributed by atoms with Crippen molar-refractivity contribution in [1.29, 1.82) is 10.5 Å². The number of fused-ring (bicyclic) bond motifs is 1. The molecule has 0 radical (unpaired) electrons. The van der Waals surface area contributed by atoms with Gasteiger partial charge in [0.1, 0.15) is 36.2 Å². The molecule has 1 amide bonds. The SMILES string of the molecule is Cc1c(-c2cc(Sc3ccc(F)cc3C#N)c3c(C#N)cnn3c2)cnn1C1CCC(OC(=O)CNC(=O)OC(C)(C)C)CC1. The highest BCUT2D eigenvalue weighted by molar-refractivity contribution is 7.99. The number of nitrogens with zero attached hydrogens (tertiary/aromatic N) is 6. The summed E-state index contributed by atoms with van der Waals surface area (Å²) in [7, 11) is 0. The average molecular weight is 630 g/mol. The number of ether oxygens (including phenoxy) is 2. The second kappa shape index (κ2) is 13.0. The minimum atomic E-state index is -0.668. The Kier molecular flexibility index (Phi) is 9.11. The van der Waals surface area contributed by atoms with E-state index in [2.05, 4.69) is 16.5 Å². The summed E-state index contributed by atoms with van der Waals surface area (Å²) < 4.78 is 28.2. The molecule has 232 valence electrons. The van der Waals surface area contributed by atoms with Gasteiger partial charge < -0.3 is 14.8 Å². The molecule has 11 nitrogen and oxygen atoms in total. The van der Waals surface area contributed by atoms with Gasteiger partial charge in [0.25, 0.3) is 0 Å². The Labute approximate surface area is 263 Å². The molecular weight excluding hydrogens is 597 g/mol. The summed E-state index contributed by atoms with van der Waals surface area (Å²) in [4.78, 5) is 25.4. The van der Waals surface area contributed by atoms with Crippen LogP contribution in [0.25, 0.3) is 16.6 Å². The third kappa shape index (κ3) is 7.27. The van der Waals surface area contributed by atoms with Crippen molar-refractivity contribution >= 4 is 29.3 Å². The van der Waals surface area contributed by atoms with Crippen LogP contribution in [-0.2, 0) is 14.3 Å². The fraction of sp³-hybridized carbons (Fsp3) is 0.375. The van der Waals surface area contributed by atoms with Gasteiger partial charge in [0, 0.05) is 32.8 Å². The Morgan fingerprint density at radius 1 is 1.07 bits per heavy atom. The number of amides is 1. The lowest BCUT2D eigenvalue weighted by Gasteiger charge is -2.29. The van der Waals surface area contributed by atoms with Crippen LogP contribution in [-0.4, -0.2) is 49.7 Å². The molecule has 0 spiro atoms. The van der Waals surface area contributed by atoms with Gasteiger partial charge >= 0.3 is 12.1 Å². The number of esters is 1. The average Bonchev–Trinajstić information content (AvgIpc) is 3.59. The first-order chi connectivity index (χ1) is 21.5. The topological polar surface area (TPSA) is 147 Å². The maximum absolute atomic E-state index is 13.8. The number of nitriles is 2. The minimum Gasteiger partial charge on any atom is -0.461 e. The summed E-state index contributed by atoms with van der Waals surface area (Å²) in [5.41, 5.74) is 3.17. The van der Waals surface area contributed by atoms with Gasteiger partial charge in [-0.1, -0.05) is 11.8 Å². The molecule has 4 aromatic rings. The van der Waals surface area contributed by atoms with Crippen LogP contribution in [0.4, 0.5) is 9.18 Å². The number of hydrogen-bond donors (Lipinski definition) is 1. The highest BCUT2D eigenvalue weighted by Crippen LogP contribution is 2.39. The van der Waals surface area contributed by atoms with E-state index in [1.807, 2.05) is 29.9 Å². The van der Waals surface area contributed by atoms with Gasteiger partial charge in [0.2, 0.25) is 0 Å². The van der Waals surface area contributed by atoms with Crippen molar-refractivity contribution in [3.8, 4) is 23.3 Å². The Bertz CT molecular complexity index is 1840. The number of halogens is 1. The van der Waals surface area contributed by atoms with E-state index in [1.165, 1.54) is 30.1 Å². The van der Waals surface area contributed by atoms with E-state index in [0.717, 1.165) is 29.7 Å². The van der Waals surface area contributed by atoms with E-state index < -0.39 is 23.5 Å². The lowest BCUT2D eigenvalue weighted by Crippen LogP contribution is -2.37. The zero-order valence-corrected chi connectivity index (χ0v) is 26.2. The third-order valence-corrected chi connectivity index (χ3v) is 8.51. The van der Waals surface area contributed by atoms with E-state index in [0.29, 0.717) is 33.7 Å². The molecule has 0 atom stereocenters. The van der Waals surface area contributed by atoms with E-state index in [1.54, 1.807) is 37.5 Å². The summed E-state index contributed by atoms with van der Waals surface area (Å²) in [6, 6.07) is 10.3. The number of pyridine rings is 1. The molecule has 3 heterocycles. The Morgan fingerprint density at radius 2 is 1.80 bits per heavy atom. The van der Waals surface area contributed by atoms with Crippen molar-refractivity contribution in [3.05, 3.63) is 65.5 Å². The maximum Gasteiger partial charge on any atom is 0.408 e. The maximum atomic E-state index is 13.8. The monoisotopic (exact) mass is 629 g/mol. The molecule has 0 bridgehead atoms. The van der Waals surface area contributed by atoms with Crippen LogP contribution in [0, 0.1) is 35.4 Å². The van der Waals surface area contributed by atoms with Crippen LogP contribution in [0.5, 0.6) is 0 Å². The molecule has 0 saturated heterocycles. The Balaban J connectivity index is 1.30. The largest absolute Gasteiger partial charge is 0.461 e. The van der Waals surface area contributed by atoms with E-state index in [4.69, 9.17) is 14.6 Å². The first-order valence-electron chi connectivity index (χ1n) is 14.5. The van der Waals surface area contributed by atoms with Crippen LogP contribution in [0.3, 0.4) is 0 Å². The summed E-state index contributed by atoms with van der Waals surface area (Å²) in [6.07, 6.45) is 7.05. The van der Waals surface area contributed by atoms with Crippen LogP contribution in [0.15, 0.2) is 52.6 Å². The van der Waals surface area contributed by atoms with Crippen molar-refractivity contribution in [1.82, 2.24) is 24.7 Å². The summed E-state index contributed by atoms with van der Waals surface area (Å²) >= 11 is 1.27. The van der Waals surface area contributed by atoms with Crippen molar-refractivity contribution < 1.29 is 23.5 Å².